The van der Waals surface area contributed by atoms with Gasteiger partial charge < -0.3 is 9.22 Å². The first-order valence-corrected chi connectivity index (χ1v) is 7.63. The number of quaternary nitrogens is 1. The predicted octanol–water partition coefficient (Wildman–Crippen LogP) is 4.00. The summed E-state index contributed by atoms with van der Waals surface area (Å²) in [7, 11) is 0. The minimum Gasteiger partial charge on any atom is -0.370 e. The SMILES string of the molecule is CC(C)C[N+]1(Cc2ccc(Cl)cc2Cl)CCOCC1. The van der Waals surface area contributed by atoms with Gasteiger partial charge in [0.25, 0.3) is 0 Å². The fourth-order valence-corrected chi connectivity index (χ4v) is 3.39. The van der Waals surface area contributed by atoms with Gasteiger partial charge in [-0.1, -0.05) is 43.1 Å². The number of halogens is 2. The Morgan fingerprint density at radius 3 is 2.47 bits per heavy atom. The molecular formula is C15H22Cl2NO+. The van der Waals surface area contributed by atoms with E-state index in [0.29, 0.717) is 10.9 Å². The average Bonchev–Trinajstić information content (AvgIpc) is 2.33. The monoisotopic (exact) mass is 302 g/mol. The third-order valence-electron chi connectivity index (χ3n) is 3.69. The largest absolute Gasteiger partial charge is 0.370 e. The lowest BCUT2D eigenvalue weighted by Gasteiger charge is -2.42. The van der Waals surface area contributed by atoms with Crippen LogP contribution in [0.4, 0.5) is 0 Å². The van der Waals surface area contributed by atoms with Crippen LogP contribution in [-0.2, 0) is 11.3 Å². The fraction of sp³-hybridized carbons (Fsp3) is 0.600. The molecule has 1 aliphatic rings. The first kappa shape index (κ1) is 15.1. The molecule has 106 valence electrons. The van der Waals surface area contributed by atoms with Crippen LogP contribution < -0.4 is 0 Å². The maximum Gasteiger partial charge on any atom is 0.106 e. The van der Waals surface area contributed by atoms with E-state index in [2.05, 4.69) is 19.9 Å². The smallest absolute Gasteiger partial charge is 0.106 e. The van der Waals surface area contributed by atoms with Gasteiger partial charge >= 0.3 is 0 Å². The van der Waals surface area contributed by atoms with Gasteiger partial charge in [0.05, 0.1) is 24.8 Å². The zero-order valence-corrected chi connectivity index (χ0v) is 13.2. The second kappa shape index (κ2) is 6.45. The topological polar surface area (TPSA) is 9.23 Å². The molecule has 1 heterocycles. The van der Waals surface area contributed by atoms with Crippen molar-refractivity contribution in [2.24, 2.45) is 5.92 Å². The predicted molar refractivity (Wildman–Crippen MR) is 80.7 cm³/mol. The summed E-state index contributed by atoms with van der Waals surface area (Å²) < 4.78 is 6.59. The molecule has 1 aliphatic heterocycles. The lowest BCUT2D eigenvalue weighted by molar-refractivity contribution is -0.950. The lowest BCUT2D eigenvalue weighted by atomic mass is 10.1. The number of rotatable bonds is 4. The maximum absolute atomic E-state index is 6.32. The van der Waals surface area contributed by atoms with Gasteiger partial charge in [0, 0.05) is 16.5 Å². The van der Waals surface area contributed by atoms with Crippen molar-refractivity contribution in [1.29, 1.82) is 0 Å². The third-order valence-corrected chi connectivity index (χ3v) is 4.28. The molecule has 4 heteroatoms. The molecule has 0 radical (unpaired) electrons. The van der Waals surface area contributed by atoms with Crippen molar-refractivity contribution in [2.45, 2.75) is 20.4 Å². The van der Waals surface area contributed by atoms with Crippen molar-refractivity contribution in [3.8, 4) is 0 Å². The maximum atomic E-state index is 6.32. The molecule has 1 aromatic carbocycles. The van der Waals surface area contributed by atoms with Gasteiger partial charge in [0.1, 0.15) is 19.6 Å². The van der Waals surface area contributed by atoms with Crippen molar-refractivity contribution in [1.82, 2.24) is 0 Å². The molecule has 0 spiro atoms. The standard InChI is InChI=1S/C15H22Cl2NO/c1-12(2)10-18(5-7-19-8-6-18)11-13-3-4-14(16)9-15(13)17/h3-4,9,12H,5-8,10-11H2,1-2H3/q+1. The summed E-state index contributed by atoms with van der Waals surface area (Å²) >= 11 is 12.3. The first-order chi connectivity index (χ1) is 9.01. The summed E-state index contributed by atoms with van der Waals surface area (Å²) in [5.74, 6) is 0.671. The Bertz CT molecular complexity index is 428. The Labute approximate surface area is 125 Å². The van der Waals surface area contributed by atoms with Gasteiger partial charge in [0.15, 0.2) is 0 Å². The number of benzene rings is 1. The van der Waals surface area contributed by atoms with Crippen molar-refractivity contribution >= 4 is 23.2 Å². The van der Waals surface area contributed by atoms with Crippen LogP contribution in [-0.4, -0.2) is 37.3 Å². The summed E-state index contributed by atoms with van der Waals surface area (Å²) in [6, 6.07) is 5.82. The second-order valence-corrected chi connectivity index (χ2v) is 6.72. The molecular weight excluding hydrogens is 281 g/mol. The normalized spacial score (nSPS) is 18.8. The van der Waals surface area contributed by atoms with Crippen molar-refractivity contribution < 1.29 is 9.22 Å². The average molecular weight is 303 g/mol. The minimum absolute atomic E-state index is 0.671. The van der Waals surface area contributed by atoms with Gasteiger partial charge in [-0.15, -0.1) is 0 Å². The highest BCUT2D eigenvalue weighted by molar-refractivity contribution is 6.35. The Morgan fingerprint density at radius 1 is 1.21 bits per heavy atom. The quantitative estimate of drug-likeness (QED) is 0.764. The van der Waals surface area contributed by atoms with Gasteiger partial charge in [-0.2, -0.15) is 0 Å². The van der Waals surface area contributed by atoms with Crippen LogP contribution >= 0.6 is 23.2 Å². The van der Waals surface area contributed by atoms with Crippen LogP contribution in [0, 0.1) is 5.92 Å². The van der Waals surface area contributed by atoms with E-state index in [9.17, 15) is 0 Å². The number of ether oxygens (including phenoxy) is 1. The molecule has 0 bridgehead atoms. The van der Waals surface area contributed by atoms with Crippen LogP contribution in [0.1, 0.15) is 19.4 Å². The molecule has 2 nitrogen and oxygen atoms in total. The molecule has 0 N–H and O–H groups in total. The zero-order chi connectivity index (χ0) is 13.9. The molecule has 0 aliphatic carbocycles. The highest BCUT2D eigenvalue weighted by Gasteiger charge is 2.32. The number of nitrogens with zero attached hydrogens (tertiary/aromatic N) is 1. The Kier molecular flexibility index (Phi) is 5.13. The molecule has 0 amide bonds. The van der Waals surface area contributed by atoms with Crippen molar-refractivity contribution in [3.05, 3.63) is 33.8 Å². The first-order valence-electron chi connectivity index (χ1n) is 6.87. The van der Waals surface area contributed by atoms with Gasteiger partial charge in [0.2, 0.25) is 0 Å². The van der Waals surface area contributed by atoms with Crippen molar-refractivity contribution in [2.75, 3.05) is 32.8 Å². The molecule has 19 heavy (non-hydrogen) atoms. The Balaban J connectivity index is 2.19. The molecule has 0 unspecified atom stereocenters. The Hall–Kier alpha value is -0.280. The van der Waals surface area contributed by atoms with E-state index in [4.69, 9.17) is 27.9 Å². The summed E-state index contributed by atoms with van der Waals surface area (Å²) in [6.45, 7) is 10.5. The molecule has 0 aromatic heterocycles. The van der Waals surface area contributed by atoms with Gasteiger partial charge in [-0.3, -0.25) is 0 Å². The highest BCUT2D eigenvalue weighted by atomic mass is 35.5. The molecule has 0 saturated carbocycles. The van der Waals surface area contributed by atoms with Crippen LogP contribution in [0.2, 0.25) is 10.0 Å². The molecule has 1 fully saturated rings. The van der Waals surface area contributed by atoms with E-state index in [1.54, 1.807) is 0 Å². The summed E-state index contributed by atoms with van der Waals surface area (Å²) in [5.41, 5.74) is 1.19. The number of morpholine rings is 1. The third kappa shape index (κ3) is 4.09. The zero-order valence-electron chi connectivity index (χ0n) is 11.7. The fourth-order valence-electron chi connectivity index (χ4n) is 2.92. The van der Waals surface area contributed by atoms with E-state index < -0.39 is 0 Å². The Morgan fingerprint density at radius 2 is 1.89 bits per heavy atom. The molecule has 1 saturated heterocycles. The van der Waals surface area contributed by atoms with E-state index in [1.807, 2.05) is 12.1 Å². The number of hydrogen-bond donors (Lipinski definition) is 0. The summed E-state index contributed by atoms with van der Waals surface area (Å²) in [4.78, 5) is 0. The number of hydrogen-bond acceptors (Lipinski definition) is 1. The second-order valence-electron chi connectivity index (χ2n) is 5.87. The van der Waals surface area contributed by atoms with Gasteiger partial charge in [-0.05, 0) is 12.1 Å². The van der Waals surface area contributed by atoms with Crippen LogP contribution in [0.15, 0.2) is 18.2 Å². The van der Waals surface area contributed by atoms with E-state index in [-0.39, 0.29) is 0 Å². The van der Waals surface area contributed by atoms with E-state index >= 15 is 0 Å². The minimum atomic E-state index is 0.671. The van der Waals surface area contributed by atoms with E-state index in [0.717, 1.165) is 42.4 Å². The summed E-state index contributed by atoms with van der Waals surface area (Å²) in [6.07, 6.45) is 0. The van der Waals surface area contributed by atoms with Crippen molar-refractivity contribution in [3.63, 3.8) is 0 Å². The van der Waals surface area contributed by atoms with Crippen LogP contribution in [0.25, 0.3) is 0 Å². The lowest BCUT2D eigenvalue weighted by Crippen LogP contribution is -2.56. The van der Waals surface area contributed by atoms with E-state index in [1.165, 1.54) is 12.1 Å². The van der Waals surface area contributed by atoms with Gasteiger partial charge in [-0.25, -0.2) is 0 Å². The molecule has 2 rings (SSSR count). The van der Waals surface area contributed by atoms with Crippen LogP contribution in [0.3, 0.4) is 0 Å². The molecule has 1 aromatic rings. The van der Waals surface area contributed by atoms with Crippen LogP contribution in [0.5, 0.6) is 0 Å². The molecule has 0 atom stereocenters. The summed E-state index contributed by atoms with van der Waals surface area (Å²) in [5, 5.41) is 1.48. The highest BCUT2D eigenvalue weighted by Crippen LogP contribution is 2.26.